The molecule has 1 aromatic rings. The summed E-state index contributed by atoms with van der Waals surface area (Å²) in [5.74, 6) is -0.753. The van der Waals surface area contributed by atoms with E-state index >= 15 is 0 Å². The molecule has 2 rings (SSSR count). The van der Waals surface area contributed by atoms with Crippen LogP contribution in [-0.4, -0.2) is 18.1 Å². The Balaban J connectivity index is 2.43. The van der Waals surface area contributed by atoms with Crippen LogP contribution in [0.3, 0.4) is 0 Å². The van der Waals surface area contributed by atoms with Crippen molar-refractivity contribution in [3.05, 3.63) is 59.7 Å². The molecule has 3 nitrogen and oxygen atoms in total. The Morgan fingerprint density at radius 1 is 1.25 bits per heavy atom. The van der Waals surface area contributed by atoms with Crippen molar-refractivity contribution in [2.75, 3.05) is 7.05 Å². The van der Waals surface area contributed by atoms with E-state index in [1.807, 2.05) is 31.3 Å². The van der Waals surface area contributed by atoms with Gasteiger partial charge in [-0.25, -0.2) is 0 Å². The largest absolute Gasteiger partial charge is 0.481 e. The average molecular weight is 270 g/mol. The number of quaternary nitrogens is 1. The summed E-state index contributed by atoms with van der Waals surface area (Å²) in [4.78, 5) is 10.9. The van der Waals surface area contributed by atoms with Crippen LogP contribution in [0.5, 0.6) is 0 Å². The number of carboxylic acid groups (broad SMARTS) is 1. The lowest BCUT2D eigenvalue weighted by atomic mass is 9.91. The maximum Gasteiger partial charge on any atom is 0.303 e. The van der Waals surface area contributed by atoms with E-state index in [9.17, 15) is 4.79 Å². The molecule has 0 fully saturated rings. The highest BCUT2D eigenvalue weighted by Crippen LogP contribution is 2.31. The van der Waals surface area contributed by atoms with Gasteiger partial charge in [0.15, 0.2) is 0 Å². The van der Waals surface area contributed by atoms with Gasteiger partial charge in [0.1, 0.15) is 5.69 Å². The van der Waals surface area contributed by atoms with Gasteiger partial charge < -0.3 is 10.4 Å². The van der Waals surface area contributed by atoms with Crippen LogP contribution in [0, 0.1) is 0 Å². The lowest BCUT2D eigenvalue weighted by Crippen LogP contribution is -2.73. The number of rotatable bonds is 5. The molecule has 0 radical (unpaired) electrons. The summed E-state index contributed by atoms with van der Waals surface area (Å²) in [7, 11) is 2.01. The molecule has 20 heavy (non-hydrogen) atoms. The van der Waals surface area contributed by atoms with Crippen molar-refractivity contribution in [3.8, 4) is 0 Å². The van der Waals surface area contributed by atoms with Gasteiger partial charge in [0, 0.05) is 12.0 Å². The van der Waals surface area contributed by atoms with Gasteiger partial charge >= 0.3 is 5.97 Å². The molecular weight excluding hydrogens is 250 g/mol. The summed E-state index contributed by atoms with van der Waals surface area (Å²) in [6.45, 7) is 0. The second kappa shape index (κ2) is 6.87. The Bertz CT molecular complexity index is 582. The lowest BCUT2D eigenvalue weighted by Gasteiger charge is -2.14. The summed E-state index contributed by atoms with van der Waals surface area (Å²) in [6.07, 6.45) is 9.82. The molecule has 0 aromatic heterocycles. The van der Waals surface area contributed by atoms with E-state index in [0.29, 0.717) is 6.42 Å². The molecule has 0 bridgehead atoms. The Labute approximate surface area is 119 Å². The van der Waals surface area contributed by atoms with Gasteiger partial charge in [-0.2, -0.15) is 0 Å². The quantitative estimate of drug-likeness (QED) is 0.808. The van der Waals surface area contributed by atoms with Crippen LogP contribution in [-0.2, 0) is 4.79 Å². The molecule has 1 aliphatic rings. The highest BCUT2D eigenvalue weighted by Gasteiger charge is 2.14. The first-order valence-electron chi connectivity index (χ1n) is 6.88. The van der Waals surface area contributed by atoms with Crippen LogP contribution in [0.2, 0.25) is 0 Å². The zero-order valence-corrected chi connectivity index (χ0v) is 11.7. The monoisotopic (exact) mass is 270 g/mol. The van der Waals surface area contributed by atoms with Gasteiger partial charge in [-0.1, -0.05) is 36.4 Å². The second-order valence-electron chi connectivity index (χ2n) is 4.76. The summed E-state index contributed by atoms with van der Waals surface area (Å²) in [5, 5.41) is 11.0. The van der Waals surface area contributed by atoms with Crippen molar-refractivity contribution in [3.63, 3.8) is 0 Å². The number of carboxylic acids is 1. The third kappa shape index (κ3) is 3.45. The van der Waals surface area contributed by atoms with E-state index in [0.717, 1.165) is 23.2 Å². The first-order valence-corrected chi connectivity index (χ1v) is 6.88. The van der Waals surface area contributed by atoms with E-state index in [1.165, 1.54) is 5.57 Å². The molecule has 3 heteroatoms. The first kappa shape index (κ1) is 14.3. The molecule has 0 saturated carbocycles. The number of allylic oxidation sites excluding steroid dienone is 6. The smallest absolute Gasteiger partial charge is 0.303 e. The Morgan fingerprint density at radius 3 is 2.70 bits per heavy atom. The molecule has 0 spiro atoms. The summed E-state index contributed by atoms with van der Waals surface area (Å²) >= 11 is 0. The summed E-state index contributed by atoms with van der Waals surface area (Å²) in [5.41, 5.74) is 4.65. The highest BCUT2D eigenvalue weighted by molar-refractivity contribution is 5.79. The fraction of sp³-hybridized carbons (Fsp3) is 0.235. The van der Waals surface area contributed by atoms with Crippen LogP contribution in [0.1, 0.15) is 24.8 Å². The second-order valence-corrected chi connectivity index (χ2v) is 4.76. The first-order chi connectivity index (χ1) is 9.72. The van der Waals surface area contributed by atoms with E-state index in [-0.39, 0.29) is 6.42 Å². The summed E-state index contributed by atoms with van der Waals surface area (Å²) < 4.78 is 0. The predicted molar refractivity (Wildman–Crippen MR) is 80.6 cm³/mol. The minimum absolute atomic E-state index is 0.161. The molecule has 1 aliphatic carbocycles. The molecule has 0 atom stereocenters. The fourth-order valence-electron chi connectivity index (χ4n) is 2.46. The third-order valence-electron chi connectivity index (χ3n) is 3.46. The van der Waals surface area contributed by atoms with Gasteiger partial charge in [0.25, 0.3) is 0 Å². The Morgan fingerprint density at radius 2 is 2.05 bits per heavy atom. The molecule has 0 amide bonds. The third-order valence-corrected chi connectivity index (χ3v) is 3.46. The van der Waals surface area contributed by atoms with E-state index < -0.39 is 5.97 Å². The topological polar surface area (TPSA) is 53.9 Å². The van der Waals surface area contributed by atoms with Gasteiger partial charge in [-0.15, -0.1) is 0 Å². The van der Waals surface area contributed by atoms with Crippen LogP contribution in [0.25, 0.3) is 5.57 Å². The zero-order valence-electron chi connectivity index (χ0n) is 11.7. The van der Waals surface area contributed by atoms with E-state index in [4.69, 9.17) is 5.11 Å². The molecule has 0 saturated heterocycles. The molecule has 0 heterocycles. The van der Waals surface area contributed by atoms with Gasteiger partial charge in [-0.05, 0) is 36.1 Å². The molecule has 0 unspecified atom stereocenters. The van der Waals surface area contributed by atoms with Crippen LogP contribution >= 0.6 is 0 Å². The Hall–Kier alpha value is -2.13. The average Bonchev–Trinajstić information content (AvgIpc) is 2.49. The fourth-order valence-corrected chi connectivity index (χ4v) is 2.46. The van der Waals surface area contributed by atoms with Crippen molar-refractivity contribution < 1.29 is 15.2 Å². The number of hydrogen-bond acceptors (Lipinski definition) is 1. The molecule has 0 aliphatic heterocycles. The normalized spacial score (nSPS) is 16.2. The molecule has 1 aromatic carbocycles. The van der Waals surface area contributed by atoms with Crippen molar-refractivity contribution in [2.24, 2.45) is 0 Å². The van der Waals surface area contributed by atoms with Crippen molar-refractivity contribution in [1.82, 2.24) is 0 Å². The van der Waals surface area contributed by atoms with Crippen molar-refractivity contribution in [2.45, 2.75) is 19.3 Å². The number of benzene rings is 1. The van der Waals surface area contributed by atoms with E-state index in [2.05, 4.69) is 29.6 Å². The minimum atomic E-state index is -0.753. The van der Waals surface area contributed by atoms with Crippen molar-refractivity contribution in [1.29, 1.82) is 0 Å². The van der Waals surface area contributed by atoms with Gasteiger partial charge in [0.05, 0.1) is 7.05 Å². The minimum Gasteiger partial charge on any atom is -0.481 e. The zero-order chi connectivity index (χ0) is 14.4. The number of aliphatic carboxylic acids is 1. The van der Waals surface area contributed by atoms with Gasteiger partial charge in [0.2, 0.25) is 0 Å². The van der Waals surface area contributed by atoms with Crippen molar-refractivity contribution >= 4 is 17.2 Å². The molecule has 3 N–H and O–H groups in total. The van der Waals surface area contributed by atoms with Crippen LogP contribution in [0.4, 0.5) is 5.69 Å². The number of nitrogens with two attached hydrogens (primary N) is 1. The highest BCUT2D eigenvalue weighted by atomic mass is 16.4. The molecule has 104 valence electrons. The summed E-state index contributed by atoms with van der Waals surface area (Å²) in [6, 6.07) is 8.16. The Kier molecular flexibility index (Phi) is 4.91. The van der Waals surface area contributed by atoms with Crippen LogP contribution in [0.15, 0.2) is 54.1 Å². The van der Waals surface area contributed by atoms with Gasteiger partial charge in [-0.3, -0.25) is 4.79 Å². The number of carbonyl (C=O) groups is 1. The molecular formula is C17H20NO2+. The van der Waals surface area contributed by atoms with Crippen LogP contribution < -0.4 is 5.32 Å². The maximum absolute atomic E-state index is 10.9. The number of hydrogen-bond donors (Lipinski definition) is 2. The lowest BCUT2D eigenvalue weighted by molar-refractivity contribution is -0.539. The standard InChI is InChI=1S/C17H19NO2/c1-18-16-10-6-5-9-15(16)14(11-12-17(19)20)13-7-3-2-4-8-13/h2-7,9-10,18H,8,11-12H2,1H3,(H,19,20)/p+1/b14-13-. The van der Waals surface area contributed by atoms with E-state index in [1.54, 1.807) is 0 Å². The maximum atomic E-state index is 10.9. The predicted octanol–water partition coefficient (Wildman–Crippen LogP) is 2.65. The number of para-hydroxylation sites is 1. The SMILES string of the molecule is C[NH2+]c1ccccc1/C(CCC(=O)O)=C1/C=CC=CC1.